The molecule has 20 heavy (non-hydrogen) atoms. The molecule has 0 unspecified atom stereocenters. The Hall–Kier alpha value is -1.65. The summed E-state index contributed by atoms with van der Waals surface area (Å²) in [5, 5.41) is 9.19. The van der Waals surface area contributed by atoms with Crippen molar-refractivity contribution in [3.63, 3.8) is 0 Å². The van der Waals surface area contributed by atoms with Crippen molar-refractivity contribution in [1.29, 1.82) is 0 Å². The molecule has 0 aliphatic heterocycles. The molecule has 2 aromatic rings. The fourth-order valence-corrected chi connectivity index (χ4v) is 2.83. The zero-order chi connectivity index (χ0) is 14.7. The smallest absolute Gasteiger partial charge is 0.335 e. The van der Waals surface area contributed by atoms with Gasteiger partial charge in [-0.15, -0.1) is 0 Å². The van der Waals surface area contributed by atoms with Gasteiger partial charge in [0.25, 0.3) is 0 Å². The summed E-state index contributed by atoms with van der Waals surface area (Å²) in [5.41, 5.74) is 4.05. The normalized spacial score (nSPS) is 10.6. The maximum Gasteiger partial charge on any atom is 0.335 e. The van der Waals surface area contributed by atoms with Crippen LogP contribution < -0.4 is 0 Å². The summed E-state index contributed by atoms with van der Waals surface area (Å²) in [5.74, 6) is -0.906. The second kappa shape index (κ2) is 6.20. The molecule has 1 N–H and O–H groups in total. The van der Waals surface area contributed by atoms with Gasteiger partial charge < -0.3 is 9.84 Å². The third-order valence-electron chi connectivity index (χ3n) is 3.20. The molecular formula is C16H15BrO3. The summed E-state index contributed by atoms with van der Waals surface area (Å²) in [4.78, 5) is 11.2. The summed E-state index contributed by atoms with van der Waals surface area (Å²) in [6.45, 7) is 2.38. The first kappa shape index (κ1) is 14.8. The van der Waals surface area contributed by atoms with Gasteiger partial charge in [0, 0.05) is 11.6 Å². The van der Waals surface area contributed by atoms with Crippen LogP contribution in [0.5, 0.6) is 0 Å². The van der Waals surface area contributed by atoms with E-state index in [0.29, 0.717) is 12.2 Å². The van der Waals surface area contributed by atoms with E-state index in [4.69, 9.17) is 4.74 Å². The van der Waals surface area contributed by atoms with E-state index >= 15 is 0 Å². The number of carboxylic acids is 1. The van der Waals surface area contributed by atoms with Gasteiger partial charge in [-0.25, -0.2) is 4.79 Å². The van der Waals surface area contributed by atoms with E-state index in [0.717, 1.165) is 26.7 Å². The first-order valence-corrected chi connectivity index (χ1v) is 6.94. The average molecular weight is 335 g/mol. The van der Waals surface area contributed by atoms with E-state index in [2.05, 4.69) is 15.9 Å². The zero-order valence-corrected chi connectivity index (χ0v) is 12.9. The lowest BCUT2D eigenvalue weighted by Gasteiger charge is -2.12. The SMILES string of the molecule is COCc1ccc(-c2cccc(C(=O)O)c2C)c(Br)c1. The van der Waals surface area contributed by atoms with Crippen molar-refractivity contribution < 1.29 is 14.6 Å². The molecule has 0 saturated carbocycles. The van der Waals surface area contributed by atoms with Gasteiger partial charge in [0.15, 0.2) is 0 Å². The molecular weight excluding hydrogens is 320 g/mol. The van der Waals surface area contributed by atoms with Crippen molar-refractivity contribution in [2.24, 2.45) is 0 Å². The van der Waals surface area contributed by atoms with Crippen molar-refractivity contribution in [2.45, 2.75) is 13.5 Å². The molecule has 2 aromatic carbocycles. The second-order valence-electron chi connectivity index (χ2n) is 4.53. The lowest BCUT2D eigenvalue weighted by molar-refractivity contribution is 0.0696. The Balaban J connectivity index is 2.52. The van der Waals surface area contributed by atoms with Crippen molar-refractivity contribution >= 4 is 21.9 Å². The van der Waals surface area contributed by atoms with E-state index in [1.54, 1.807) is 19.2 Å². The molecule has 0 aliphatic carbocycles. The number of halogens is 1. The molecule has 0 atom stereocenters. The number of carboxylic acid groups (broad SMARTS) is 1. The van der Waals surface area contributed by atoms with Crippen molar-refractivity contribution in [1.82, 2.24) is 0 Å². The Bertz CT molecular complexity index is 650. The van der Waals surface area contributed by atoms with Gasteiger partial charge in [0.2, 0.25) is 0 Å². The van der Waals surface area contributed by atoms with E-state index < -0.39 is 5.97 Å². The molecule has 3 nitrogen and oxygen atoms in total. The Morgan fingerprint density at radius 3 is 2.60 bits per heavy atom. The highest BCUT2D eigenvalue weighted by atomic mass is 79.9. The van der Waals surface area contributed by atoms with Crippen LogP contribution in [0.25, 0.3) is 11.1 Å². The van der Waals surface area contributed by atoms with Crippen LogP contribution in [-0.4, -0.2) is 18.2 Å². The minimum absolute atomic E-state index is 0.329. The Kier molecular flexibility index (Phi) is 4.57. The minimum Gasteiger partial charge on any atom is -0.478 e. The molecule has 0 radical (unpaired) electrons. The number of carbonyl (C=O) groups is 1. The van der Waals surface area contributed by atoms with Crippen LogP contribution in [0.1, 0.15) is 21.5 Å². The standard InChI is InChI=1S/C16H15BrO3/c1-10-12(4-3-5-13(10)16(18)19)14-7-6-11(9-20-2)8-15(14)17/h3-8H,9H2,1-2H3,(H,18,19). The van der Waals surface area contributed by atoms with Crippen LogP contribution in [0.3, 0.4) is 0 Å². The fourth-order valence-electron chi connectivity index (χ4n) is 2.19. The summed E-state index contributed by atoms with van der Waals surface area (Å²) >= 11 is 3.55. The number of aromatic carboxylic acids is 1. The van der Waals surface area contributed by atoms with Crippen molar-refractivity contribution in [3.05, 3.63) is 57.6 Å². The van der Waals surface area contributed by atoms with Gasteiger partial charge in [-0.1, -0.05) is 40.2 Å². The van der Waals surface area contributed by atoms with Crippen molar-refractivity contribution in [2.75, 3.05) is 7.11 Å². The molecule has 0 aliphatic rings. The number of hydrogen-bond donors (Lipinski definition) is 1. The highest BCUT2D eigenvalue weighted by Gasteiger charge is 2.13. The third kappa shape index (κ3) is 2.92. The molecule has 0 bridgehead atoms. The molecule has 0 heterocycles. The fraction of sp³-hybridized carbons (Fsp3) is 0.188. The molecule has 0 aromatic heterocycles. The van der Waals surface area contributed by atoms with Crippen LogP contribution in [0.4, 0.5) is 0 Å². The quantitative estimate of drug-likeness (QED) is 0.908. The van der Waals surface area contributed by atoms with E-state index in [9.17, 15) is 9.90 Å². The second-order valence-corrected chi connectivity index (χ2v) is 5.38. The van der Waals surface area contributed by atoms with E-state index in [1.807, 2.05) is 31.2 Å². The maximum absolute atomic E-state index is 11.2. The zero-order valence-electron chi connectivity index (χ0n) is 11.3. The highest BCUT2D eigenvalue weighted by Crippen LogP contribution is 2.32. The predicted molar refractivity (Wildman–Crippen MR) is 82.0 cm³/mol. The van der Waals surface area contributed by atoms with Crippen LogP contribution in [0.15, 0.2) is 40.9 Å². The van der Waals surface area contributed by atoms with Gasteiger partial charge in [-0.3, -0.25) is 0 Å². The molecule has 0 amide bonds. The molecule has 2 rings (SSSR count). The number of hydrogen-bond acceptors (Lipinski definition) is 2. The van der Waals surface area contributed by atoms with Gasteiger partial charge >= 0.3 is 5.97 Å². The number of methoxy groups -OCH3 is 1. The average Bonchev–Trinajstić information content (AvgIpc) is 2.40. The monoisotopic (exact) mass is 334 g/mol. The number of ether oxygens (including phenoxy) is 1. The van der Waals surface area contributed by atoms with Crippen LogP contribution >= 0.6 is 15.9 Å². The van der Waals surface area contributed by atoms with E-state index in [1.165, 1.54) is 0 Å². The maximum atomic E-state index is 11.2. The first-order chi connectivity index (χ1) is 9.54. The van der Waals surface area contributed by atoms with E-state index in [-0.39, 0.29) is 0 Å². The Morgan fingerprint density at radius 1 is 1.25 bits per heavy atom. The van der Waals surface area contributed by atoms with Gasteiger partial charge in [0.1, 0.15) is 0 Å². The topological polar surface area (TPSA) is 46.5 Å². The predicted octanol–water partition coefficient (Wildman–Crippen LogP) is 4.27. The molecule has 0 saturated heterocycles. The molecule has 0 spiro atoms. The largest absolute Gasteiger partial charge is 0.478 e. The Morgan fingerprint density at radius 2 is 2.00 bits per heavy atom. The van der Waals surface area contributed by atoms with Crippen molar-refractivity contribution in [3.8, 4) is 11.1 Å². The molecule has 4 heteroatoms. The number of benzene rings is 2. The lowest BCUT2D eigenvalue weighted by Crippen LogP contribution is -2.01. The summed E-state index contributed by atoms with van der Waals surface area (Å²) in [6.07, 6.45) is 0. The third-order valence-corrected chi connectivity index (χ3v) is 3.85. The van der Waals surface area contributed by atoms with Gasteiger partial charge in [-0.05, 0) is 41.3 Å². The Labute approximate surface area is 126 Å². The molecule has 104 valence electrons. The first-order valence-electron chi connectivity index (χ1n) is 6.15. The summed E-state index contributed by atoms with van der Waals surface area (Å²) in [7, 11) is 1.66. The van der Waals surface area contributed by atoms with Crippen LogP contribution in [0.2, 0.25) is 0 Å². The summed E-state index contributed by atoms with van der Waals surface area (Å²) in [6, 6.07) is 11.3. The van der Waals surface area contributed by atoms with Gasteiger partial charge in [0.05, 0.1) is 12.2 Å². The summed E-state index contributed by atoms with van der Waals surface area (Å²) < 4.78 is 6.03. The molecule has 0 fully saturated rings. The van der Waals surface area contributed by atoms with Gasteiger partial charge in [-0.2, -0.15) is 0 Å². The minimum atomic E-state index is -0.906. The highest BCUT2D eigenvalue weighted by molar-refractivity contribution is 9.10. The lowest BCUT2D eigenvalue weighted by atomic mass is 9.96. The number of rotatable bonds is 4. The van der Waals surface area contributed by atoms with Crippen LogP contribution in [-0.2, 0) is 11.3 Å². The van der Waals surface area contributed by atoms with Crippen LogP contribution in [0, 0.1) is 6.92 Å².